The van der Waals surface area contributed by atoms with E-state index in [2.05, 4.69) is 6.58 Å². The number of Topliss-reactive ketones (excluding diaryl/α,β-unsaturated/α-hetero) is 1. The van der Waals surface area contributed by atoms with Gasteiger partial charge in [0.15, 0.2) is 12.4 Å². The summed E-state index contributed by atoms with van der Waals surface area (Å²) in [4.78, 5) is 35.5. The maximum Gasteiger partial charge on any atom is 0.334 e. The lowest BCUT2D eigenvalue weighted by molar-refractivity contribution is -0.151. The van der Waals surface area contributed by atoms with E-state index in [9.17, 15) is 14.4 Å². The van der Waals surface area contributed by atoms with Crippen LogP contribution in [0.3, 0.4) is 0 Å². The fourth-order valence-electron chi connectivity index (χ4n) is 2.60. The molecule has 1 saturated carbocycles. The molecule has 2 rings (SSSR count). The summed E-state index contributed by atoms with van der Waals surface area (Å²) in [5, 5.41) is 0. The van der Waals surface area contributed by atoms with Gasteiger partial charge in [0, 0.05) is 11.1 Å². The highest BCUT2D eigenvalue weighted by molar-refractivity contribution is 5.99. The van der Waals surface area contributed by atoms with E-state index in [-0.39, 0.29) is 30.5 Å². The molecule has 0 spiro atoms. The minimum absolute atomic E-state index is 0.00308. The second-order valence-electron chi connectivity index (χ2n) is 5.90. The molecule has 24 heavy (non-hydrogen) atoms. The highest BCUT2D eigenvalue weighted by Crippen LogP contribution is 2.21. The molecular weight excluding hydrogens is 308 g/mol. The van der Waals surface area contributed by atoms with Gasteiger partial charge in [-0.2, -0.15) is 0 Å². The number of esters is 2. The highest BCUT2D eigenvalue weighted by Gasteiger charge is 2.20. The van der Waals surface area contributed by atoms with Crippen LogP contribution in [0, 0.1) is 0 Å². The van der Waals surface area contributed by atoms with Gasteiger partial charge in [0.05, 0.1) is 6.42 Å². The Kier molecular flexibility index (Phi) is 6.73. The van der Waals surface area contributed by atoms with Crippen molar-refractivity contribution in [1.29, 1.82) is 0 Å². The van der Waals surface area contributed by atoms with E-state index in [1.165, 1.54) is 6.42 Å². The standard InChI is InChI=1S/C19H22O5/c1-14(12-18(21)24-16-10-6-3-7-11-16)19(22)23-13-17(20)15-8-4-2-5-9-15/h2,4-5,8-9,16H,1,3,6-7,10-13H2. The van der Waals surface area contributed by atoms with Crippen molar-refractivity contribution in [2.45, 2.75) is 44.6 Å². The fourth-order valence-corrected chi connectivity index (χ4v) is 2.60. The molecule has 0 aromatic heterocycles. The summed E-state index contributed by atoms with van der Waals surface area (Å²) in [6.07, 6.45) is 4.75. The van der Waals surface area contributed by atoms with Gasteiger partial charge < -0.3 is 9.47 Å². The maximum atomic E-state index is 11.9. The average molecular weight is 330 g/mol. The molecule has 128 valence electrons. The van der Waals surface area contributed by atoms with Crippen LogP contribution in [0.15, 0.2) is 42.5 Å². The molecule has 0 unspecified atom stereocenters. The van der Waals surface area contributed by atoms with Crippen molar-refractivity contribution in [2.24, 2.45) is 0 Å². The number of carbonyl (C=O) groups is 3. The van der Waals surface area contributed by atoms with Crippen molar-refractivity contribution in [3.8, 4) is 0 Å². The fraction of sp³-hybridized carbons (Fsp3) is 0.421. The minimum Gasteiger partial charge on any atom is -0.462 e. The zero-order chi connectivity index (χ0) is 17.4. The number of benzene rings is 1. The summed E-state index contributed by atoms with van der Waals surface area (Å²) in [6, 6.07) is 8.55. The molecule has 0 saturated heterocycles. The van der Waals surface area contributed by atoms with Gasteiger partial charge in [-0.3, -0.25) is 9.59 Å². The Bertz CT molecular complexity index is 599. The second kappa shape index (κ2) is 9.01. The van der Waals surface area contributed by atoms with Crippen LogP contribution in [0.2, 0.25) is 0 Å². The van der Waals surface area contributed by atoms with Gasteiger partial charge in [-0.15, -0.1) is 0 Å². The van der Waals surface area contributed by atoms with E-state index in [1.54, 1.807) is 30.3 Å². The van der Waals surface area contributed by atoms with E-state index in [1.807, 2.05) is 0 Å². The van der Waals surface area contributed by atoms with Crippen LogP contribution < -0.4 is 0 Å². The van der Waals surface area contributed by atoms with Crippen molar-refractivity contribution < 1.29 is 23.9 Å². The molecule has 0 atom stereocenters. The van der Waals surface area contributed by atoms with E-state index in [0.717, 1.165) is 25.7 Å². The first-order chi connectivity index (χ1) is 11.6. The van der Waals surface area contributed by atoms with Gasteiger partial charge >= 0.3 is 11.9 Å². The monoisotopic (exact) mass is 330 g/mol. The molecule has 0 amide bonds. The summed E-state index contributed by atoms with van der Waals surface area (Å²) >= 11 is 0. The topological polar surface area (TPSA) is 69.7 Å². The van der Waals surface area contributed by atoms with E-state index >= 15 is 0 Å². The molecular formula is C19H22O5. The van der Waals surface area contributed by atoms with Crippen LogP contribution in [0.5, 0.6) is 0 Å². The lowest BCUT2D eigenvalue weighted by Gasteiger charge is -2.21. The van der Waals surface area contributed by atoms with Gasteiger partial charge in [-0.25, -0.2) is 4.79 Å². The molecule has 1 aromatic rings. The number of hydrogen-bond acceptors (Lipinski definition) is 5. The largest absolute Gasteiger partial charge is 0.462 e. The van der Waals surface area contributed by atoms with Crippen LogP contribution in [0.4, 0.5) is 0 Å². The molecule has 1 fully saturated rings. The van der Waals surface area contributed by atoms with Gasteiger partial charge in [-0.1, -0.05) is 43.3 Å². The smallest absolute Gasteiger partial charge is 0.334 e. The number of hydrogen-bond donors (Lipinski definition) is 0. The van der Waals surface area contributed by atoms with E-state index in [4.69, 9.17) is 9.47 Å². The van der Waals surface area contributed by atoms with Crippen molar-refractivity contribution in [3.63, 3.8) is 0 Å². The number of ether oxygens (including phenoxy) is 2. The summed E-state index contributed by atoms with van der Waals surface area (Å²) in [5.74, 6) is -1.53. The van der Waals surface area contributed by atoms with Gasteiger partial charge in [0.2, 0.25) is 0 Å². The van der Waals surface area contributed by atoms with Crippen LogP contribution >= 0.6 is 0 Å². The van der Waals surface area contributed by atoms with Gasteiger partial charge in [-0.05, 0) is 25.7 Å². The quantitative estimate of drug-likeness (QED) is 0.436. The Balaban J connectivity index is 1.72. The first-order valence-electron chi connectivity index (χ1n) is 8.19. The summed E-state index contributed by atoms with van der Waals surface area (Å²) in [6.45, 7) is 3.18. The first kappa shape index (κ1) is 17.9. The maximum absolute atomic E-state index is 11.9. The van der Waals surface area contributed by atoms with Crippen molar-refractivity contribution in [2.75, 3.05) is 6.61 Å². The van der Waals surface area contributed by atoms with Crippen molar-refractivity contribution in [1.82, 2.24) is 0 Å². The Labute approximate surface area is 141 Å². The molecule has 1 aliphatic carbocycles. The summed E-state index contributed by atoms with van der Waals surface area (Å²) in [5.41, 5.74) is 0.462. The molecule has 5 nitrogen and oxygen atoms in total. The Morgan fingerprint density at radius 3 is 2.38 bits per heavy atom. The number of carbonyl (C=O) groups excluding carboxylic acids is 3. The SMILES string of the molecule is C=C(CC(=O)OC1CCCCC1)C(=O)OCC(=O)c1ccccc1. The zero-order valence-corrected chi connectivity index (χ0v) is 13.7. The number of ketones is 1. The molecule has 1 aliphatic rings. The molecule has 0 bridgehead atoms. The number of rotatable bonds is 7. The van der Waals surface area contributed by atoms with Crippen LogP contribution in [-0.2, 0) is 19.1 Å². The molecule has 0 radical (unpaired) electrons. The van der Waals surface area contributed by atoms with Crippen LogP contribution in [-0.4, -0.2) is 30.4 Å². The average Bonchev–Trinajstić information content (AvgIpc) is 2.60. The van der Waals surface area contributed by atoms with Gasteiger partial charge in [0.1, 0.15) is 6.10 Å². The second-order valence-corrected chi connectivity index (χ2v) is 5.90. The first-order valence-corrected chi connectivity index (χ1v) is 8.19. The summed E-state index contributed by atoms with van der Waals surface area (Å²) in [7, 11) is 0. The predicted molar refractivity (Wildman–Crippen MR) is 88.5 cm³/mol. The predicted octanol–water partition coefficient (Wildman–Crippen LogP) is 3.23. The third-order valence-electron chi connectivity index (χ3n) is 3.93. The third kappa shape index (κ3) is 5.65. The summed E-state index contributed by atoms with van der Waals surface area (Å²) < 4.78 is 10.2. The minimum atomic E-state index is -0.750. The van der Waals surface area contributed by atoms with Crippen molar-refractivity contribution in [3.05, 3.63) is 48.0 Å². The molecule has 0 heterocycles. The molecule has 1 aromatic carbocycles. The molecule has 0 N–H and O–H groups in total. The van der Waals surface area contributed by atoms with E-state index in [0.29, 0.717) is 5.56 Å². The van der Waals surface area contributed by atoms with Gasteiger partial charge in [0.25, 0.3) is 0 Å². The zero-order valence-electron chi connectivity index (χ0n) is 13.7. The molecule has 0 aliphatic heterocycles. The molecule has 5 heteroatoms. The van der Waals surface area contributed by atoms with Crippen molar-refractivity contribution >= 4 is 17.7 Å². The normalized spacial score (nSPS) is 14.7. The van der Waals surface area contributed by atoms with Crippen LogP contribution in [0.25, 0.3) is 0 Å². The van der Waals surface area contributed by atoms with E-state index < -0.39 is 11.9 Å². The Morgan fingerprint density at radius 1 is 1.04 bits per heavy atom. The lowest BCUT2D eigenvalue weighted by atomic mass is 9.98. The van der Waals surface area contributed by atoms with Crippen LogP contribution in [0.1, 0.15) is 48.9 Å². The Morgan fingerprint density at radius 2 is 1.71 bits per heavy atom. The third-order valence-corrected chi connectivity index (χ3v) is 3.93. The Hall–Kier alpha value is -2.43. The highest BCUT2D eigenvalue weighted by atomic mass is 16.5. The lowest BCUT2D eigenvalue weighted by Crippen LogP contribution is -2.22.